The summed E-state index contributed by atoms with van der Waals surface area (Å²) in [5.41, 5.74) is 6.35. The molecule has 2 aromatic rings. The van der Waals surface area contributed by atoms with Gasteiger partial charge in [0.15, 0.2) is 9.84 Å². The van der Waals surface area contributed by atoms with Gasteiger partial charge in [-0.25, -0.2) is 16.8 Å². The zero-order valence-electron chi connectivity index (χ0n) is 13.5. The van der Waals surface area contributed by atoms with Crippen LogP contribution in [0, 0.1) is 0 Å². The Morgan fingerprint density at radius 2 is 1.62 bits per heavy atom. The molecule has 0 bridgehead atoms. The Kier molecular flexibility index (Phi) is 5.04. The molecular formula is C16H17BrN2O5S2. The first-order valence-corrected chi connectivity index (χ1v) is 11.7. The van der Waals surface area contributed by atoms with Crippen LogP contribution in [0.3, 0.4) is 0 Å². The van der Waals surface area contributed by atoms with E-state index in [4.69, 9.17) is 5.73 Å². The molecule has 26 heavy (non-hydrogen) atoms. The lowest BCUT2D eigenvalue weighted by molar-refractivity contribution is 0.184. The first kappa shape index (κ1) is 19.2. The van der Waals surface area contributed by atoms with Crippen LogP contribution >= 0.6 is 15.9 Å². The van der Waals surface area contributed by atoms with E-state index in [0.29, 0.717) is 10.2 Å². The summed E-state index contributed by atoms with van der Waals surface area (Å²) in [6.45, 7) is 0. The van der Waals surface area contributed by atoms with Gasteiger partial charge in [-0.1, -0.05) is 15.9 Å². The van der Waals surface area contributed by atoms with Gasteiger partial charge in [0, 0.05) is 10.2 Å². The quantitative estimate of drug-likeness (QED) is 0.665. The fraction of sp³-hybridized carbons (Fsp3) is 0.250. The number of rotatable bonds is 4. The number of aliphatic hydroxyl groups excluding tert-OH is 1. The maximum Gasteiger partial charge on any atom is 0.264 e. The van der Waals surface area contributed by atoms with Gasteiger partial charge >= 0.3 is 0 Å². The molecule has 0 saturated carbocycles. The molecule has 3 N–H and O–H groups in total. The van der Waals surface area contributed by atoms with E-state index in [1.807, 2.05) is 0 Å². The second-order valence-corrected chi connectivity index (χ2v) is 10.9. The molecule has 2 atom stereocenters. The maximum absolute atomic E-state index is 13.2. The Morgan fingerprint density at radius 1 is 1.04 bits per heavy atom. The van der Waals surface area contributed by atoms with Crippen LogP contribution in [-0.4, -0.2) is 45.6 Å². The van der Waals surface area contributed by atoms with Crippen LogP contribution in [0.25, 0.3) is 0 Å². The van der Waals surface area contributed by atoms with Crippen LogP contribution in [-0.2, 0) is 19.9 Å². The molecule has 1 fully saturated rings. The van der Waals surface area contributed by atoms with E-state index in [9.17, 15) is 21.9 Å². The molecule has 0 amide bonds. The minimum absolute atomic E-state index is 0.00553. The van der Waals surface area contributed by atoms with Crippen molar-refractivity contribution in [2.45, 2.75) is 17.0 Å². The van der Waals surface area contributed by atoms with Crippen LogP contribution < -0.4 is 10.0 Å². The maximum atomic E-state index is 13.2. The number of sulfonamides is 1. The third-order valence-electron chi connectivity index (χ3n) is 4.11. The van der Waals surface area contributed by atoms with Crippen molar-refractivity contribution in [1.82, 2.24) is 0 Å². The summed E-state index contributed by atoms with van der Waals surface area (Å²) in [4.78, 5) is -0.00553. The van der Waals surface area contributed by atoms with Gasteiger partial charge in [-0.15, -0.1) is 0 Å². The molecule has 3 rings (SSSR count). The van der Waals surface area contributed by atoms with Crippen LogP contribution in [0.4, 0.5) is 11.4 Å². The van der Waals surface area contributed by atoms with Gasteiger partial charge in [0.2, 0.25) is 0 Å². The van der Waals surface area contributed by atoms with E-state index < -0.39 is 43.5 Å². The van der Waals surface area contributed by atoms with Crippen molar-refractivity contribution in [1.29, 1.82) is 0 Å². The highest BCUT2D eigenvalue weighted by Gasteiger charge is 2.45. The van der Waals surface area contributed by atoms with Gasteiger partial charge in [-0.2, -0.15) is 0 Å². The predicted octanol–water partition coefficient (Wildman–Crippen LogP) is 1.38. The third-order valence-corrected chi connectivity index (χ3v) is 8.21. The van der Waals surface area contributed by atoms with Crippen molar-refractivity contribution in [3.63, 3.8) is 0 Å². The van der Waals surface area contributed by atoms with Gasteiger partial charge in [0.25, 0.3) is 10.0 Å². The van der Waals surface area contributed by atoms with Crippen LogP contribution in [0.1, 0.15) is 0 Å². The molecule has 0 aromatic heterocycles. The number of nitrogen functional groups attached to an aromatic ring is 1. The van der Waals surface area contributed by atoms with Crippen LogP contribution in [0.2, 0.25) is 0 Å². The van der Waals surface area contributed by atoms with E-state index in [2.05, 4.69) is 15.9 Å². The molecule has 1 aliphatic rings. The van der Waals surface area contributed by atoms with Gasteiger partial charge in [0.1, 0.15) is 0 Å². The van der Waals surface area contributed by atoms with E-state index in [1.165, 1.54) is 36.4 Å². The monoisotopic (exact) mass is 460 g/mol. The molecule has 2 aromatic carbocycles. The Bertz CT molecular complexity index is 1010. The molecular weight excluding hydrogens is 444 g/mol. The Hall–Kier alpha value is -1.62. The lowest BCUT2D eigenvalue weighted by Gasteiger charge is -2.31. The number of nitrogens with two attached hydrogens (primary N) is 1. The van der Waals surface area contributed by atoms with Crippen LogP contribution in [0.15, 0.2) is 57.9 Å². The number of nitrogens with zero attached hydrogens (tertiary/aromatic N) is 1. The Morgan fingerprint density at radius 3 is 2.12 bits per heavy atom. The summed E-state index contributed by atoms with van der Waals surface area (Å²) in [5, 5.41) is 10.2. The van der Waals surface area contributed by atoms with Crippen molar-refractivity contribution < 1.29 is 21.9 Å². The number of halogens is 1. The fourth-order valence-corrected chi connectivity index (χ4v) is 6.69. The molecule has 0 unspecified atom stereocenters. The second kappa shape index (κ2) is 6.84. The van der Waals surface area contributed by atoms with Crippen molar-refractivity contribution in [3.8, 4) is 0 Å². The highest BCUT2D eigenvalue weighted by atomic mass is 79.9. The smallest absolute Gasteiger partial charge is 0.264 e. The first-order chi connectivity index (χ1) is 12.1. The van der Waals surface area contributed by atoms with Gasteiger partial charge < -0.3 is 10.8 Å². The summed E-state index contributed by atoms with van der Waals surface area (Å²) >= 11 is 3.25. The molecule has 0 aliphatic carbocycles. The predicted molar refractivity (Wildman–Crippen MR) is 103 cm³/mol. The SMILES string of the molecule is Nc1ccc(N([C@H]2CS(=O)(=O)C[C@H]2O)S(=O)(=O)c2ccc(Br)cc2)cc1. The molecule has 1 saturated heterocycles. The van der Waals surface area contributed by atoms with E-state index >= 15 is 0 Å². The molecule has 0 radical (unpaired) electrons. The Balaban J connectivity index is 2.14. The van der Waals surface area contributed by atoms with E-state index in [-0.39, 0.29) is 10.6 Å². The number of hydrogen-bond donors (Lipinski definition) is 2. The minimum atomic E-state index is -4.10. The number of anilines is 2. The Labute approximate surface area is 160 Å². The largest absolute Gasteiger partial charge is 0.399 e. The summed E-state index contributed by atoms with van der Waals surface area (Å²) < 4.78 is 52.1. The summed E-state index contributed by atoms with van der Waals surface area (Å²) in [5.74, 6) is -0.923. The van der Waals surface area contributed by atoms with E-state index in [0.717, 1.165) is 4.31 Å². The average molecular weight is 461 g/mol. The van der Waals surface area contributed by atoms with Crippen molar-refractivity contribution in [2.75, 3.05) is 21.5 Å². The van der Waals surface area contributed by atoms with Gasteiger partial charge in [0.05, 0.1) is 34.2 Å². The summed E-state index contributed by atoms with van der Waals surface area (Å²) in [6.07, 6.45) is -1.32. The summed E-state index contributed by atoms with van der Waals surface area (Å²) in [6, 6.07) is 10.9. The van der Waals surface area contributed by atoms with Crippen molar-refractivity contribution in [3.05, 3.63) is 53.0 Å². The van der Waals surface area contributed by atoms with Gasteiger partial charge in [-0.05, 0) is 48.5 Å². The third kappa shape index (κ3) is 3.73. The molecule has 7 nitrogen and oxygen atoms in total. The standard InChI is InChI=1S/C16H17BrN2O5S2/c17-11-1-7-14(8-2-11)26(23,24)19(13-5-3-12(18)4-6-13)15-9-25(21,22)10-16(15)20/h1-8,15-16,20H,9-10,18H2/t15-,16+/m0/s1. The van der Waals surface area contributed by atoms with Crippen LogP contribution in [0.5, 0.6) is 0 Å². The van der Waals surface area contributed by atoms with Gasteiger partial charge in [-0.3, -0.25) is 4.31 Å². The molecule has 10 heteroatoms. The molecule has 0 spiro atoms. The molecule has 140 valence electrons. The highest BCUT2D eigenvalue weighted by molar-refractivity contribution is 9.10. The van der Waals surface area contributed by atoms with E-state index in [1.54, 1.807) is 12.1 Å². The average Bonchev–Trinajstić information content (AvgIpc) is 2.82. The normalized spacial score (nSPS) is 22.2. The lowest BCUT2D eigenvalue weighted by Crippen LogP contribution is -2.47. The zero-order chi connectivity index (χ0) is 19.1. The molecule has 1 aliphatic heterocycles. The lowest BCUT2D eigenvalue weighted by atomic mass is 10.2. The first-order valence-electron chi connectivity index (χ1n) is 7.64. The minimum Gasteiger partial charge on any atom is -0.399 e. The molecule has 1 heterocycles. The number of benzene rings is 2. The second-order valence-electron chi connectivity index (χ2n) is 6.06. The van der Waals surface area contributed by atoms with Crippen molar-refractivity contribution >= 4 is 47.2 Å². The zero-order valence-corrected chi connectivity index (χ0v) is 16.7. The topological polar surface area (TPSA) is 118 Å². The van der Waals surface area contributed by atoms with Crippen molar-refractivity contribution in [2.24, 2.45) is 0 Å². The highest BCUT2D eigenvalue weighted by Crippen LogP contribution is 2.32. The fourth-order valence-electron chi connectivity index (χ4n) is 2.88. The number of aliphatic hydroxyl groups is 1. The number of sulfone groups is 1. The summed E-state index contributed by atoms with van der Waals surface area (Å²) in [7, 11) is -7.65. The number of hydrogen-bond acceptors (Lipinski definition) is 6.